The Kier molecular flexibility index (Phi) is 7.76. The second kappa shape index (κ2) is 12.7. The predicted molar refractivity (Wildman–Crippen MR) is 243 cm³/mol. The van der Waals surface area contributed by atoms with E-state index in [0.29, 0.717) is 0 Å². The molecule has 9 aromatic rings. The molecule has 2 aliphatic carbocycles. The molecule has 0 atom stereocenters. The average Bonchev–Trinajstić information content (AvgIpc) is 3.79. The minimum atomic E-state index is -0.111. The first-order chi connectivity index (χ1) is 27.3. The van der Waals surface area contributed by atoms with Crippen LogP contribution in [0.25, 0.3) is 60.9 Å². The first kappa shape index (κ1) is 34.8. The fourth-order valence-corrected chi connectivity index (χ4v) is 10.1. The van der Waals surface area contributed by atoms with Gasteiger partial charge in [0.15, 0.2) is 0 Å². The number of hydrogen-bond donors (Lipinski definition) is 0. The van der Waals surface area contributed by atoms with Crippen LogP contribution in [0.5, 0.6) is 0 Å². The molecule has 1 aromatic heterocycles. The molecule has 0 unspecified atom stereocenters. The molecule has 8 aromatic carbocycles. The van der Waals surface area contributed by atoms with Gasteiger partial charge in [0.1, 0.15) is 0 Å². The van der Waals surface area contributed by atoms with Gasteiger partial charge in [0.05, 0.1) is 16.7 Å². The third-order valence-electron chi connectivity index (χ3n) is 12.8. The van der Waals surface area contributed by atoms with Crippen LogP contribution in [0.3, 0.4) is 0 Å². The lowest BCUT2D eigenvalue weighted by Crippen LogP contribution is -2.17. The number of rotatable bonds is 5. The van der Waals surface area contributed by atoms with Gasteiger partial charge in [-0.3, -0.25) is 0 Å². The molecule has 2 aliphatic rings. The molecule has 2 heteroatoms. The molecule has 0 saturated heterocycles. The van der Waals surface area contributed by atoms with E-state index in [4.69, 9.17) is 0 Å². The standard InChI is InChI=1S/C54H42N2.CH4/c1-53(2)46-24-12-9-20-44(46)51-47(53)25-15-27-50(51)55(38-32-33-41-40-18-8-11-23-45(40)54(3,4)48(41)34-38)37-30-28-35(29-31-37)39-21-14-22-43-42-19-10-13-26-49(42)56(52(39)43)36-16-6-5-7-17-36;/h5-34H,1-4H3;1H4. The van der Waals surface area contributed by atoms with E-state index in [2.05, 4.69) is 219 Å². The first-order valence-electron chi connectivity index (χ1n) is 19.8. The molecule has 0 N–H and O–H groups in total. The van der Waals surface area contributed by atoms with Gasteiger partial charge in [-0.25, -0.2) is 0 Å². The summed E-state index contributed by atoms with van der Waals surface area (Å²) in [6.45, 7) is 9.47. The Hall–Kier alpha value is -6.64. The molecule has 0 bridgehead atoms. The summed E-state index contributed by atoms with van der Waals surface area (Å²) in [6, 6.07) is 67.5. The van der Waals surface area contributed by atoms with E-state index in [1.807, 2.05) is 0 Å². The summed E-state index contributed by atoms with van der Waals surface area (Å²) in [5, 5.41) is 2.52. The Morgan fingerprint density at radius 2 is 0.982 bits per heavy atom. The fourth-order valence-electron chi connectivity index (χ4n) is 10.1. The van der Waals surface area contributed by atoms with Crippen molar-refractivity contribution in [3.63, 3.8) is 0 Å². The third-order valence-corrected chi connectivity index (χ3v) is 12.8. The summed E-state index contributed by atoms with van der Waals surface area (Å²) in [6.07, 6.45) is 0. The Labute approximate surface area is 336 Å². The van der Waals surface area contributed by atoms with Gasteiger partial charge < -0.3 is 9.47 Å². The van der Waals surface area contributed by atoms with Gasteiger partial charge in [-0.15, -0.1) is 0 Å². The Bertz CT molecular complexity index is 3020. The molecule has 0 spiro atoms. The monoisotopic (exact) mass is 734 g/mol. The topological polar surface area (TPSA) is 8.17 Å². The normalized spacial score (nSPS) is 14.1. The van der Waals surface area contributed by atoms with Gasteiger partial charge in [-0.1, -0.05) is 169 Å². The number of nitrogens with zero attached hydrogens (tertiary/aromatic N) is 2. The third kappa shape index (κ3) is 4.96. The summed E-state index contributed by atoms with van der Waals surface area (Å²) in [7, 11) is 0. The van der Waals surface area contributed by atoms with Crippen LogP contribution in [0.4, 0.5) is 17.1 Å². The molecule has 276 valence electrons. The fraction of sp³-hybridized carbons (Fsp3) is 0.127. The quantitative estimate of drug-likeness (QED) is 0.171. The number of aromatic nitrogens is 1. The maximum Gasteiger partial charge on any atom is 0.0619 e. The molecule has 0 amide bonds. The minimum absolute atomic E-state index is 0. The largest absolute Gasteiger partial charge is 0.310 e. The van der Waals surface area contributed by atoms with Crippen molar-refractivity contribution < 1.29 is 0 Å². The first-order valence-corrected chi connectivity index (χ1v) is 19.8. The van der Waals surface area contributed by atoms with Crippen molar-refractivity contribution in [1.29, 1.82) is 0 Å². The summed E-state index contributed by atoms with van der Waals surface area (Å²) in [5.41, 5.74) is 20.1. The molecule has 11 rings (SSSR count). The van der Waals surface area contributed by atoms with Crippen LogP contribution >= 0.6 is 0 Å². The number of hydrogen-bond acceptors (Lipinski definition) is 1. The van der Waals surface area contributed by atoms with Crippen molar-refractivity contribution in [2.45, 2.75) is 46.0 Å². The van der Waals surface area contributed by atoms with E-state index < -0.39 is 0 Å². The highest BCUT2D eigenvalue weighted by molar-refractivity contribution is 6.14. The lowest BCUT2D eigenvalue weighted by Gasteiger charge is -2.30. The van der Waals surface area contributed by atoms with Crippen LogP contribution in [-0.2, 0) is 10.8 Å². The lowest BCUT2D eigenvalue weighted by molar-refractivity contribution is 0.660. The predicted octanol–water partition coefficient (Wildman–Crippen LogP) is 15.2. The van der Waals surface area contributed by atoms with Crippen LogP contribution in [0.1, 0.15) is 57.4 Å². The average molecular weight is 735 g/mol. The summed E-state index contributed by atoms with van der Waals surface area (Å²) < 4.78 is 2.43. The van der Waals surface area contributed by atoms with Crippen LogP contribution in [-0.4, -0.2) is 4.57 Å². The maximum absolute atomic E-state index is 2.50. The van der Waals surface area contributed by atoms with E-state index in [-0.39, 0.29) is 18.3 Å². The van der Waals surface area contributed by atoms with E-state index >= 15 is 0 Å². The highest BCUT2D eigenvalue weighted by Gasteiger charge is 2.39. The van der Waals surface area contributed by atoms with Crippen LogP contribution in [0.15, 0.2) is 182 Å². The Balaban J connectivity index is 0.00000396. The number of anilines is 3. The molecule has 0 radical (unpaired) electrons. The zero-order valence-electron chi connectivity index (χ0n) is 32.2. The van der Waals surface area contributed by atoms with Crippen molar-refractivity contribution in [2.24, 2.45) is 0 Å². The number of para-hydroxylation sites is 3. The summed E-state index contributed by atoms with van der Waals surface area (Å²) >= 11 is 0. The van der Waals surface area contributed by atoms with Gasteiger partial charge in [0, 0.05) is 49.8 Å². The van der Waals surface area contributed by atoms with Gasteiger partial charge in [-0.05, 0) is 93.0 Å². The molecular weight excluding hydrogens is 689 g/mol. The van der Waals surface area contributed by atoms with Crippen molar-refractivity contribution in [2.75, 3.05) is 4.90 Å². The van der Waals surface area contributed by atoms with Gasteiger partial charge in [-0.2, -0.15) is 0 Å². The van der Waals surface area contributed by atoms with Crippen LogP contribution < -0.4 is 4.90 Å². The molecule has 1 heterocycles. The molecule has 2 nitrogen and oxygen atoms in total. The molecule has 0 fully saturated rings. The second-order valence-electron chi connectivity index (χ2n) is 16.5. The van der Waals surface area contributed by atoms with Crippen LogP contribution in [0.2, 0.25) is 0 Å². The Morgan fingerprint density at radius 3 is 1.77 bits per heavy atom. The molecule has 57 heavy (non-hydrogen) atoms. The highest BCUT2D eigenvalue weighted by atomic mass is 15.1. The van der Waals surface area contributed by atoms with Gasteiger partial charge >= 0.3 is 0 Å². The molecule has 0 aliphatic heterocycles. The number of fused-ring (bicyclic) bond motifs is 9. The van der Waals surface area contributed by atoms with Crippen molar-refractivity contribution in [1.82, 2.24) is 4.57 Å². The Morgan fingerprint density at radius 1 is 0.421 bits per heavy atom. The van der Waals surface area contributed by atoms with Crippen LogP contribution in [0, 0.1) is 0 Å². The summed E-state index contributed by atoms with van der Waals surface area (Å²) in [5.74, 6) is 0. The second-order valence-corrected chi connectivity index (χ2v) is 16.5. The number of benzene rings is 8. The zero-order chi connectivity index (χ0) is 37.8. The van der Waals surface area contributed by atoms with E-state index in [1.165, 1.54) is 88.8 Å². The summed E-state index contributed by atoms with van der Waals surface area (Å²) in [4.78, 5) is 2.50. The maximum atomic E-state index is 2.50. The van der Waals surface area contributed by atoms with Gasteiger partial charge in [0.25, 0.3) is 0 Å². The molecule has 0 saturated carbocycles. The smallest absolute Gasteiger partial charge is 0.0619 e. The molecular formula is C55H46N2. The van der Waals surface area contributed by atoms with Crippen molar-refractivity contribution in [3.8, 4) is 39.1 Å². The van der Waals surface area contributed by atoms with Gasteiger partial charge in [0.2, 0.25) is 0 Å². The SMILES string of the molecule is C.CC1(C)c2ccccc2-c2ccc(N(c3ccc(-c4cccc5c6ccccc6n(-c6ccccc6)c45)cc3)c3cccc4c3-c3ccccc3C4(C)C)cc21. The minimum Gasteiger partial charge on any atom is -0.310 e. The highest BCUT2D eigenvalue weighted by Crippen LogP contribution is 2.56. The van der Waals surface area contributed by atoms with E-state index in [0.717, 1.165) is 11.4 Å². The van der Waals surface area contributed by atoms with Crippen molar-refractivity contribution >= 4 is 38.9 Å². The zero-order valence-corrected chi connectivity index (χ0v) is 32.2. The lowest BCUT2D eigenvalue weighted by atomic mass is 9.82. The van der Waals surface area contributed by atoms with E-state index in [9.17, 15) is 0 Å². The van der Waals surface area contributed by atoms with Crippen molar-refractivity contribution in [3.05, 3.63) is 204 Å². The van der Waals surface area contributed by atoms with E-state index in [1.54, 1.807) is 0 Å².